The number of anilines is 1. The molecule has 2 aromatic rings. The highest BCUT2D eigenvalue weighted by atomic mass is 32.2. The van der Waals surface area contributed by atoms with E-state index in [1.165, 1.54) is 4.31 Å². The number of sulfonamides is 1. The summed E-state index contributed by atoms with van der Waals surface area (Å²) in [5, 5.41) is 0. The number of aryl methyl sites for hydroxylation is 1. The Balaban J connectivity index is 2.39. The van der Waals surface area contributed by atoms with E-state index in [1.54, 1.807) is 44.3 Å². The molecule has 2 N–H and O–H groups in total. The van der Waals surface area contributed by atoms with E-state index in [0.29, 0.717) is 10.6 Å². The monoisotopic (exact) mass is 304 g/mol. The minimum atomic E-state index is -3.54. The molecular formula is C16H20N2O2S. The van der Waals surface area contributed by atoms with Crippen molar-refractivity contribution in [2.24, 2.45) is 0 Å². The molecule has 0 fully saturated rings. The lowest BCUT2D eigenvalue weighted by Crippen LogP contribution is -2.30. The number of hydrogen-bond acceptors (Lipinski definition) is 3. The highest BCUT2D eigenvalue weighted by molar-refractivity contribution is 7.89. The number of hydrogen-bond donors (Lipinski definition) is 1. The van der Waals surface area contributed by atoms with Crippen molar-refractivity contribution in [1.82, 2.24) is 4.31 Å². The van der Waals surface area contributed by atoms with E-state index in [9.17, 15) is 8.42 Å². The maximum atomic E-state index is 12.7. The molecule has 0 aromatic heterocycles. The molecule has 21 heavy (non-hydrogen) atoms. The standard InChI is InChI=1S/C16H20N2O2S/c1-12-7-4-5-10-16(12)21(19,20)18(3)13(2)14-8-6-9-15(17)11-14/h4-11,13H,17H2,1-3H3. The third kappa shape index (κ3) is 3.09. The summed E-state index contributed by atoms with van der Waals surface area (Å²) in [6, 6.07) is 14.0. The Morgan fingerprint density at radius 2 is 1.76 bits per heavy atom. The quantitative estimate of drug-likeness (QED) is 0.883. The Morgan fingerprint density at radius 1 is 1.10 bits per heavy atom. The smallest absolute Gasteiger partial charge is 0.243 e. The van der Waals surface area contributed by atoms with Crippen molar-refractivity contribution in [2.75, 3.05) is 12.8 Å². The molecule has 0 saturated carbocycles. The molecule has 0 saturated heterocycles. The topological polar surface area (TPSA) is 63.4 Å². The van der Waals surface area contributed by atoms with Crippen molar-refractivity contribution >= 4 is 15.7 Å². The SMILES string of the molecule is Cc1ccccc1S(=O)(=O)N(C)C(C)c1cccc(N)c1. The predicted molar refractivity (Wildman–Crippen MR) is 85.4 cm³/mol. The zero-order valence-corrected chi connectivity index (χ0v) is 13.3. The highest BCUT2D eigenvalue weighted by Crippen LogP contribution is 2.27. The maximum Gasteiger partial charge on any atom is 0.243 e. The van der Waals surface area contributed by atoms with Gasteiger partial charge in [0.2, 0.25) is 10.0 Å². The van der Waals surface area contributed by atoms with E-state index < -0.39 is 10.0 Å². The van der Waals surface area contributed by atoms with Crippen LogP contribution in [0.3, 0.4) is 0 Å². The molecule has 1 atom stereocenters. The largest absolute Gasteiger partial charge is 0.399 e. The Morgan fingerprint density at radius 3 is 2.38 bits per heavy atom. The fraction of sp³-hybridized carbons (Fsp3) is 0.250. The molecule has 0 heterocycles. The molecule has 0 amide bonds. The molecule has 1 unspecified atom stereocenters. The fourth-order valence-corrected chi connectivity index (χ4v) is 3.81. The van der Waals surface area contributed by atoms with Gasteiger partial charge in [-0.3, -0.25) is 0 Å². The minimum Gasteiger partial charge on any atom is -0.399 e. The lowest BCUT2D eigenvalue weighted by atomic mass is 10.1. The van der Waals surface area contributed by atoms with Crippen LogP contribution in [0.25, 0.3) is 0 Å². The van der Waals surface area contributed by atoms with Gasteiger partial charge >= 0.3 is 0 Å². The van der Waals surface area contributed by atoms with Gasteiger partial charge in [0, 0.05) is 18.8 Å². The lowest BCUT2D eigenvalue weighted by Gasteiger charge is -2.25. The van der Waals surface area contributed by atoms with Gasteiger partial charge in [-0.1, -0.05) is 30.3 Å². The maximum absolute atomic E-state index is 12.7. The summed E-state index contributed by atoms with van der Waals surface area (Å²) < 4.78 is 26.9. The summed E-state index contributed by atoms with van der Waals surface area (Å²) in [5.74, 6) is 0. The number of nitrogen functional groups attached to an aromatic ring is 1. The normalized spacial score (nSPS) is 13.3. The number of nitrogens with two attached hydrogens (primary N) is 1. The van der Waals surface area contributed by atoms with Crippen LogP contribution in [0.15, 0.2) is 53.4 Å². The molecule has 2 rings (SSSR count). The summed E-state index contributed by atoms with van der Waals surface area (Å²) in [5.41, 5.74) is 8.01. The number of rotatable bonds is 4. The second-order valence-electron chi connectivity index (χ2n) is 5.13. The molecule has 0 spiro atoms. The first-order valence-corrected chi connectivity index (χ1v) is 8.17. The van der Waals surface area contributed by atoms with Gasteiger partial charge in [-0.25, -0.2) is 8.42 Å². The van der Waals surface area contributed by atoms with Crippen LogP contribution >= 0.6 is 0 Å². The Kier molecular flexibility index (Phi) is 4.34. The van der Waals surface area contributed by atoms with Crippen LogP contribution in [0.2, 0.25) is 0 Å². The average molecular weight is 304 g/mol. The molecule has 0 radical (unpaired) electrons. The van der Waals surface area contributed by atoms with Crippen LogP contribution in [0, 0.1) is 6.92 Å². The second-order valence-corrected chi connectivity index (χ2v) is 7.10. The van der Waals surface area contributed by atoms with E-state index in [2.05, 4.69) is 0 Å². The molecule has 5 heteroatoms. The molecule has 0 aliphatic heterocycles. The Bertz CT molecular complexity index is 741. The molecule has 112 valence electrons. The summed E-state index contributed by atoms with van der Waals surface area (Å²) in [6.07, 6.45) is 0. The summed E-state index contributed by atoms with van der Waals surface area (Å²) in [6.45, 7) is 3.65. The molecule has 0 aliphatic carbocycles. The van der Waals surface area contributed by atoms with Gasteiger partial charge in [0.15, 0.2) is 0 Å². The third-order valence-corrected chi connectivity index (χ3v) is 5.78. The highest BCUT2D eigenvalue weighted by Gasteiger charge is 2.27. The van der Waals surface area contributed by atoms with Gasteiger partial charge in [0.05, 0.1) is 4.90 Å². The van der Waals surface area contributed by atoms with Crippen LogP contribution in [0.4, 0.5) is 5.69 Å². The molecule has 0 bridgehead atoms. The summed E-state index contributed by atoms with van der Waals surface area (Å²) >= 11 is 0. The van der Waals surface area contributed by atoms with Gasteiger partial charge in [0.25, 0.3) is 0 Å². The van der Waals surface area contributed by atoms with Crippen molar-refractivity contribution in [3.8, 4) is 0 Å². The van der Waals surface area contributed by atoms with Gasteiger partial charge < -0.3 is 5.73 Å². The lowest BCUT2D eigenvalue weighted by molar-refractivity contribution is 0.398. The Hall–Kier alpha value is -1.85. The third-order valence-electron chi connectivity index (χ3n) is 3.69. The second kappa shape index (κ2) is 5.87. The average Bonchev–Trinajstić information content (AvgIpc) is 2.46. The first-order valence-electron chi connectivity index (χ1n) is 6.73. The zero-order valence-electron chi connectivity index (χ0n) is 12.4. The van der Waals surface area contributed by atoms with E-state index in [1.807, 2.05) is 25.1 Å². The molecule has 4 nitrogen and oxygen atoms in total. The van der Waals surface area contributed by atoms with Gasteiger partial charge in [-0.15, -0.1) is 0 Å². The van der Waals surface area contributed by atoms with Crippen molar-refractivity contribution in [1.29, 1.82) is 0 Å². The van der Waals surface area contributed by atoms with Gasteiger partial charge in [-0.2, -0.15) is 4.31 Å². The van der Waals surface area contributed by atoms with Crippen LogP contribution in [-0.2, 0) is 10.0 Å². The molecule has 0 aliphatic rings. The van der Waals surface area contributed by atoms with E-state index in [-0.39, 0.29) is 6.04 Å². The minimum absolute atomic E-state index is 0.293. The summed E-state index contributed by atoms with van der Waals surface area (Å²) in [7, 11) is -1.94. The first kappa shape index (κ1) is 15.5. The molecule has 2 aromatic carbocycles. The van der Waals surface area contributed by atoms with Crippen LogP contribution < -0.4 is 5.73 Å². The zero-order chi connectivity index (χ0) is 15.6. The predicted octanol–water partition coefficient (Wildman–Crippen LogP) is 2.96. The van der Waals surface area contributed by atoms with E-state index in [0.717, 1.165) is 11.1 Å². The number of nitrogens with zero attached hydrogens (tertiary/aromatic N) is 1. The van der Waals surface area contributed by atoms with Crippen LogP contribution in [0.5, 0.6) is 0 Å². The first-order chi connectivity index (χ1) is 9.84. The fourth-order valence-electron chi connectivity index (χ4n) is 2.24. The van der Waals surface area contributed by atoms with Crippen molar-refractivity contribution < 1.29 is 8.42 Å². The van der Waals surface area contributed by atoms with E-state index in [4.69, 9.17) is 5.73 Å². The van der Waals surface area contributed by atoms with Gasteiger partial charge in [-0.05, 0) is 43.2 Å². The van der Waals surface area contributed by atoms with Crippen LogP contribution in [-0.4, -0.2) is 19.8 Å². The van der Waals surface area contributed by atoms with E-state index >= 15 is 0 Å². The van der Waals surface area contributed by atoms with Crippen molar-refractivity contribution in [3.05, 3.63) is 59.7 Å². The Labute approximate surface area is 126 Å². The van der Waals surface area contributed by atoms with Crippen molar-refractivity contribution in [3.63, 3.8) is 0 Å². The van der Waals surface area contributed by atoms with Gasteiger partial charge in [0.1, 0.15) is 0 Å². The summed E-state index contributed by atoms with van der Waals surface area (Å²) in [4.78, 5) is 0.336. The molecular weight excluding hydrogens is 284 g/mol. The number of benzene rings is 2. The van der Waals surface area contributed by atoms with Crippen molar-refractivity contribution in [2.45, 2.75) is 24.8 Å². The van der Waals surface area contributed by atoms with Crippen LogP contribution in [0.1, 0.15) is 24.1 Å².